The predicted molar refractivity (Wildman–Crippen MR) is 149 cm³/mol. The Labute approximate surface area is 238 Å². The molecule has 192 valence electrons. The van der Waals surface area contributed by atoms with Gasteiger partial charge >= 0.3 is 5.97 Å². The zero-order valence-electron chi connectivity index (χ0n) is 20.3. The quantitative estimate of drug-likeness (QED) is 0.318. The number of ether oxygens (including phenoxy) is 1. The molecule has 5 rings (SSSR count). The van der Waals surface area contributed by atoms with Crippen LogP contribution < -0.4 is 0 Å². The zero-order valence-corrected chi connectivity index (χ0v) is 24.3. The van der Waals surface area contributed by atoms with Gasteiger partial charge in [0.25, 0.3) is 0 Å². The highest BCUT2D eigenvalue weighted by molar-refractivity contribution is 9.10. The van der Waals surface area contributed by atoms with Gasteiger partial charge in [-0.05, 0) is 94.1 Å². The molecule has 6 nitrogen and oxygen atoms in total. The van der Waals surface area contributed by atoms with Crippen molar-refractivity contribution in [3.8, 4) is 0 Å². The number of nitrogens with zero attached hydrogens (tertiary/aromatic N) is 3. The van der Waals surface area contributed by atoms with E-state index in [1.54, 1.807) is 12.3 Å². The Hall–Kier alpha value is -2.29. The van der Waals surface area contributed by atoms with E-state index < -0.39 is 5.97 Å². The number of aryl methyl sites for hydroxylation is 2. The van der Waals surface area contributed by atoms with Crippen molar-refractivity contribution >= 4 is 55.3 Å². The van der Waals surface area contributed by atoms with Gasteiger partial charge in [-0.25, -0.2) is 4.79 Å². The smallest absolute Gasteiger partial charge is 0.339 e. The highest BCUT2D eigenvalue weighted by Gasteiger charge is 2.36. The van der Waals surface area contributed by atoms with Crippen molar-refractivity contribution < 1.29 is 14.3 Å². The molecule has 2 aliphatic rings. The number of amides is 1. The molecule has 1 fully saturated rings. The molecule has 0 N–H and O–H groups in total. The molecule has 1 amide bonds. The standard InChI is InChI=1S/C28H26Br2ClN3O3/c1-37-28(36)22-15-32-7-4-17(22)12-24(35)34-8-5-16(6-9-34)26-25-18(11-21(31)13-23(25)30)2-3-19-10-20(29)14-33-27(19)26/h4,7,10-11,13-16,26H,2-3,5-6,8-9,12H2,1H3/t26-/m1/s1. The van der Waals surface area contributed by atoms with E-state index in [1.807, 2.05) is 17.2 Å². The number of piperidine rings is 1. The van der Waals surface area contributed by atoms with E-state index in [4.69, 9.17) is 21.3 Å². The molecule has 1 saturated heterocycles. The summed E-state index contributed by atoms with van der Waals surface area (Å²) in [7, 11) is 1.33. The summed E-state index contributed by atoms with van der Waals surface area (Å²) in [5.41, 5.74) is 5.86. The molecule has 0 saturated carbocycles. The Balaban J connectivity index is 1.38. The van der Waals surface area contributed by atoms with Crippen molar-refractivity contribution in [1.29, 1.82) is 0 Å². The van der Waals surface area contributed by atoms with Gasteiger partial charge in [0.05, 0.1) is 24.8 Å². The minimum absolute atomic E-state index is 0.00601. The fourth-order valence-electron chi connectivity index (χ4n) is 5.66. The van der Waals surface area contributed by atoms with Crippen LogP contribution >= 0.6 is 43.5 Å². The van der Waals surface area contributed by atoms with E-state index in [1.165, 1.54) is 30.0 Å². The normalized spacial score (nSPS) is 17.5. The molecule has 0 radical (unpaired) electrons. The van der Waals surface area contributed by atoms with E-state index in [-0.39, 0.29) is 18.2 Å². The largest absolute Gasteiger partial charge is 0.465 e. The third kappa shape index (κ3) is 5.47. The van der Waals surface area contributed by atoms with Crippen LogP contribution in [-0.4, -0.2) is 46.9 Å². The molecule has 0 unspecified atom stereocenters. The molecule has 1 aliphatic heterocycles. The second kappa shape index (κ2) is 11.2. The Morgan fingerprint density at radius 3 is 2.62 bits per heavy atom. The molecule has 3 aromatic rings. The molecule has 3 heterocycles. The summed E-state index contributed by atoms with van der Waals surface area (Å²) >= 11 is 13.8. The third-order valence-electron chi connectivity index (χ3n) is 7.44. The Morgan fingerprint density at radius 1 is 1.11 bits per heavy atom. The van der Waals surface area contributed by atoms with Gasteiger partial charge in [0.2, 0.25) is 5.91 Å². The molecule has 2 aromatic heterocycles. The summed E-state index contributed by atoms with van der Waals surface area (Å²) in [5, 5.41) is 0.729. The molecule has 1 atom stereocenters. The van der Waals surface area contributed by atoms with Crippen molar-refractivity contribution in [1.82, 2.24) is 14.9 Å². The van der Waals surface area contributed by atoms with Gasteiger partial charge in [0.1, 0.15) is 0 Å². The van der Waals surface area contributed by atoms with Crippen LogP contribution in [0.5, 0.6) is 0 Å². The number of esters is 1. The van der Waals surface area contributed by atoms with Crippen LogP contribution in [0.2, 0.25) is 5.02 Å². The van der Waals surface area contributed by atoms with Gasteiger partial charge in [-0.15, -0.1) is 0 Å². The monoisotopic (exact) mass is 645 g/mol. The fraction of sp³-hybridized carbons (Fsp3) is 0.357. The summed E-state index contributed by atoms with van der Waals surface area (Å²) in [4.78, 5) is 36.1. The lowest BCUT2D eigenvalue weighted by Gasteiger charge is -2.37. The minimum atomic E-state index is -0.481. The molecule has 37 heavy (non-hydrogen) atoms. The first-order valence-corrected chi connectivity index (χ1v) is 14.2. The lowest BCUT2D eigenvalue weighted by Crippen LogP contribution is -2.41. The average Bonchev–Trinajstić information content (AvgIpc) is 3.05. The summed E-state index contributed by atoms with van der Waals surface area (Å²) in [5.74, 6) is -0.0235. The minimum Gasteiger partial charge on any atom is -0.465 e. The van der Waals surface area contributed by atoms with Gasteiger partial charge in [-0.3, -0.25) is 14.8 Å². The van der Waals surface area contributed by atoms with Gasteiger partial charge in [-0.1, -0.05) is 27.5 Å². The van der Waals surface area contributed by atoms with Crippen LogP contribution in [0.25, 0.3) is 0 Å². The second-order valence-electron chi connectivity index (χ2n) is 9.56. The second-order valence-corrected chi connectivity index (χ2v) is 11.8. The first-order valence-electron chi connectivity index (χ1n) is 12.3. The van der Waals surface area contributed by atoms with E-state index in [0.29, 0.717) is 30.1 Å². The molecule has 1 aliphatic carbocycles. The first-order chi connectivity index (χ1) is 17.9. The Bertz CT molecular complexity index is 1360. The maximum absolute atomic E-state index is 13.2. The molecular weight excluding hydrogens is 622 g/mol. The molecule has 9 heteroatoms. The van der Waals surface area contributed by atoms with Gasteiger partial charge in [-0.2, -0.15) is 0 Å². The zero-order chi connectivity index (χ0) is 26.1. The van der Waals surface area contributed by atoms with Crippen molar-refractivity contribution in [3.05, 3.63) is 90.3 Å². The number of fused-ring (bicyclic) bond motifs is 2. The molecular formula is C28H26Br2ClN3O3. The average molecular weight is 648 g/mol. The highest BCUT2D eigenvalue weighted by Crippen LogP contribution is 2.46. The van der Waals surface area contributed by atoms with Crippen LogP contribution in [0, 0.1) is 5.92 Å². The van der Waals surface area contributed by atoms with Crippen molar-refractivity contribution in [2.45, 2.75) is 38.0 Å². The van der Waals surface area contributed by atoms with Crippen LogP contribution in [0.3, 0.4) is 0 Å². The summed E-state index contributed by atoms with van der Waals surface area (Å²) < 4.78 is 6.85. The lowest BCUT2D eigenvalue weighted by molar-refractivity contribution is -0.131. The van der Waals surface area contributed by atoms with Crippen molar-refractivity contribution in [2.75, 3.05) is 20.2 Å². The van der Waals surface area contributed by atoms with E-state index in [0.717, 1.165) is 45.3 Å². The van der Waals surface area contributed by atoms with Crippen molar-refractivity contribution in [3.63, 3.8) is 0 Å². The van der Waals surface area contributed by atoms with E-state index in [2.05, 4.69) is 49.0 Å². The predicted octanol–water partition coefficient (Wildman–Crippen LogP) is 6.15. The number of pyridine rings is 2. The maximum Gasteiger partial charge on any atom is 0.339 e. The first kappa shape index (κ1) is 26.3. The highest BCUT2D eigenvalue weighted by atomic mass is 79.9. The summed E-state index contributed by atoms with van der Waals surface area (Å²) in [6.45, 7) is 1.32. The number of hydrogen-bond donors (Lipinski definition) is 0. The molecule has 0 bridgehead atoms. The number of halogens is 3. The van der Waals surface area contributed by atoms with E-state index in [9.17, 15) is 9.59 Å². The number of carbonyl (C=O) groups is 2. The van der Waals surface area contributed by atoms with Crippen LogP contribution in [0.15, 0.2) is 51.8 Å². The molecule has 1 aromatic carbocycles. The Morgan fingerprint density at radius 2 is 1.86 bits per heavy atom. The number of rotatable bonds is 4. The van der Waals surface area contributed by atoms with Crippen LogP contribution in [-0.2, 0) is 28.8 Å². The number of likely N-dealkylation sites (tertiary alicyclic amines) is 1. The number of aromatic nitrogens is 2. The molecule has 0 spiro atoms. The summed E-state index contributed by atoms with van der Waals surface area (Å²) in [6.07, 6.45) is 8.62. The topological polar surface area (TPSA) is 72.4 Å². The van der Waals surface area contributed by atoms with Gasteiger partial charge in [0.15, 0.2) is 0 Å². The number of hydrogen-bond acceptors (Lipinski definition) is 5. The SMILES string of the molecule is COC(=O)c1cnccc1CC(=O)N1CCC([C@H]2c3ncc(Br)cc3CCc3cc(Cl)cc(Br)c32)CC1. The van der Waals surface area contributed by atoms with Crippen LogP contribution in [0.4, 0.5) is 0 Å². The maximum atomic E-state index is 13.2. The van der Waals surface area contributed by atoms with Gasteiger partial charge < -0.3 is 9.64 Å². The van der Waals surface area contributed by atoms with Gasteiger partial charge in [0, 0.05) is 51.6 Å². The number of carbonyl (C=O) groups excluding carboxylic acids is 2. The fourth-order valence-corrected chi connectivity index (χ4v) is 7.16. The Kier molecular flexibility index (Phi) is 7.98. The number of methoxy groups -OCH3 is 1. The summed E-state index contributed by atoms with van der Waals surface area (Å²) in [6, 6.07) is 7.96. The number of benzene rings is 1. The lowest BCUT2D eigenvalue weighted by atomic mass is 9.76. The van der Waals surface area contributed by atoms with Crippen molar-refractivity contribution in [2.24, 2.45) is 5.92 Å². The van der Waals surface area contributed by atoms with E-state index >= 15 is 0 Å². The van der Waals surface area contributed by atoms with Crippen LogP contribution in [0.1, 0.15) is 57.1 Å². The third-order valence-corrected chi connectivity index (χ3v) is 8.75.